The zero-order valence-corrected chi connectivity index (χ0v) is 11.6. The van der Waals surface area contributed by atoms with Crippen molar-refractivity contribution in [3.63, 3.8) is 0 Å². The van der Waals surface area contributed by atoms with Crippen LogP contribution in [0, 0.1) is 0 Å². The molecule has 0 atom stereocenters. The summed E-state index contributed by atoms with van der Waals surface area (Å²) in [5, 5.41) is 3.99. The lowest BCUT2D eigenvalue weighted by Crippen LogP contribution is -2.65. The maximum absolute atomic E-state index is 13.4. The van der Waals surface area contributed by atoms with Crippen LogP contribution in [0.15, 0.2) is 54.6 Å². The number of ether oxygens (including phenoxy) is 2. The number of benzene rings is 2. The molecule has 0 spiro atoms. The Kier molecular flexibility index (Phi) is 3.51. The summed E-state index contributed by atoms with van der Waals surface area (Å²) in [6.07, 6.45) is -4.99. The number of anilines is 1. The molecule has 0 aromatic heterocycles. The molecule has 0 saturated heterocycles. The molecule has 23 heavy (non-hydrogen) atoms. The molecule has 0 saturated carbocycles. The number of para-hydroxylation sites is 3. The van der Waals surface area contributed by atoms with Gasteiger partial charge < -0.3 is 14.8 Å². The van der Waals surface area contributed by atoms with Crippen LogP contribution in [0.1, 0.15) is 0 Å². The fraction of sp³-hybridized carbons (Fsp3) is 0.133. The van der Waals surface area contributed by atoms with E-state index in [1.165, 1.54) is 36.4 Å². The predicted octanol–water partition coefficient (Wildman–Crippen LogP) is 3.50. The molecule has 0 unspecified atom stereocenters. The average molecular weight is 324 g/mol. The van der Waals surface area contributed by atoms with Crippen molar-refractivity contribution >= 4 is 11.7 Å². The molecular weight excluding hydrogens is 313 g/mol. The van der Waals surface area contributed by atoms with Crippen LogP contribution in [-0.4, -0.2) is 18.1 Å². The molecule has 1 aliphatic heterocycles. The zero-order chi connectivity index (χ0) is 16.5. The molecule has 3 rings (SSSR count). The van der Waals surface area contributed by atoms with Crippen LogP contribution in [0.4, 0.5) is 23.7 Å². The molecule has 1 heterocycles. The second-order valence-electron chi connectivity index (χ2n) is 4.71. The average Bonchev–Trinajstić information content (AvgIpc) is 2.87. The Morgan fingerprint density at radius 1 is 0.913 bits per heavy atom. The molecule has 0 bridgehead atoms. The lowest BCUT2D eigenvalue weighted by Gasteiger charge is -2.29. The lowest BCUT2D eigenvalue weighted by molar-refractivity contribution is -0.317. The van der Waals surface area contributed by atoms with Crippen LogP contribution < -0.4 is 20.1 Å². The number of urea groups is 1. The van der Waals surface area contributed by atoms with Gasteiger partial charge in [0.25, 0.3) is 0 Å². The van der Waals surface area contributed by atoms with Gasteiger partial charge in [-0.25, -0.2) is 4.79 Å². The topological polar surface area (TPSA) is 59.6 Å². The number of halogens is 3. The van der Waals surface area contributed by atoms with Gasteiger partial charge in [-0.2, -0.15) is 13.2 Å². The molecule has 1 aliphatic rings. The minimum atomic E-state index is -4.99. The summed E-state index contributed by atoms with van der Waals surface area (Å²) >= 11 is 0. The number of hydrogen-bond donors (Lipinski definition) is 2. The summed E-state index contributed by atoms with van der Waals surface area (Å²) in [6, 6.07) is 12.6. The molecule has 2 N–H and O–H groups in total. The van der Waals surface area contributed by atoms with Crippen molar-refractivity contribution in [2.75, 3.05) is 5.32 Å². The normalized spacial score (nSPS) is 15.1. The minimum Gasteiger partial charge on any atom is -0.424 e. The Hall–Kier alpha value is -2.90. The quantitative estimate of drug-likeness (QED) is 0.889. The van der Waals surface area contributed by atoms with Gasteiger partial charge >= 0.3 is 18.1 Å². The van der Waals surface area contributed by atoms with Crippen molar-refractivity contribution in [1.29, 1.82) is 0 Å². The van der Waals surface area contributed by atoms with Gasteiger partial charge in [-0.1, -0.05) is 30.3 Å². The van der Waals surface area contributed by atoms with Crippen molar-refractivity contribution in [1.82, 2.24) is 5.32 Å². The minimum absolute atomic E-state index is 0.107. The Labute approximate surface area is 129 Å². The molecule has 120 valence electrons. The fourth-order valence-corrected chi connectivity index (χ4v) is 2.02. The fourth-order valence-electron chi connectivity index (χ4n) is 2.02. The standard InChI is InChI=1S/C15H11F3N2O3/c16-14(17,18)15(22-11-8-4-5-9-12(11)23-15)20-13(21)19-10-6-2-1-3-7-10/h1-9H,(H2,19,20,21). The number of fused-ring (bicyclic) bond motifs is 1. The third-order valence-electron chi connectivity index (χ3n) is 3.04. The molecule has 2 aromatic carbocycles. The predicted molar refractivity (Wildman–Crippen MR) is 75.1 cm³/mol. The Balaban J connectivity index is 1.81. The molecule has 0 fully saturated rings. The van der Waals surface area contributed by atoms with E-state index in [0.717, 1.165) is 0 Å². The maximum Gasteiger partial charge on any atom is 0.492 e. The Morgan fingerprint density at radius 2 is 1.43 bits per heavy atom. The first kappa shape index (κ1) is 15.0. The van der Waals surface area contributed by atoms with E-state index < -0.39 is 18.1 Å². The number of carbonyl (C=O) groups excluding carboxylic acids is 1. The number of carbonyl (C=O) groups is 1. The van der Waals surface area contributed by atoms with E-state index in [9.17, 15) is 18.0 Å². The SMILES string of the molecule is O=C(Nc1ccccc1)NC1(C(F)(F)F)Oc2ccccc2O1. The first-order valence-electron chi connectivity index (χ1n) is 6.58. The van der Waals surface area contributed by atoms with Crippen LogP contribution in [0.25, 0.3) is 0 Å². The molecule has 0 aliphatic carbocycles. The Bertz CT molecular complexity index is 694. The lowest BCUT2D eigenvalue weighted by atomic mass is 10.3. The second kappa shape index (κ2) is 5.38. The highest BCUT2D eigenvalue weighted by atomic mass is 19.4. The molecule has 5 nitrogen and oxygen atoms in total. The molecule has 8 heteroatoms. The Morgan fingerprint density at radius 3 is 1.96 bits per heavy atom. The van der Waals surface area contributed by atoms with Gasteiger partial charge in [0.15, 0.2) is 11.5 Å². The van der Waals surface area contributed by atoms with E-state index in [-0.39, 0.29) is 11.5 Å². The summed E-state index contributed by atoms with van der Waals surface area (Å²) < 4.78 is 49.9. The van der Waals surface area contributed by atoms with E-state index in [4.69, 9.17) is 9.47 Å². The molecule has 0 radical (unpaired) electrons. The van der Waals surface area contributed by atoms with Gasteiger partial charge in [0.1, 0.15) is 0 Å². The van der Waals surface area contributed by atoms with E-state index in [2.05, 4.69) is 5.32 Å². The third kappa shape index (κ3) is 2.87. The number of rotatable bonds is 2. The van der Waals surface area contributed by atoms with E-state index in [0.29, 0.717) is 5.69 Å². The second-order valence-corrected chi connectivity index (χ2v) is 4.71. The van der Waals surface area contributed by atoms with E-state index in [1.54, 1.807) is 23.5 Å². The maximum atomic E-state index is 13.4. The van der Waals surface area contributed by atoms with Crippen molar-refractivity contribution in [3.05, 3.63) is 54.6 Å². The molecule has 2 aromatic rings. The highest BCUT2D eigenvalue weighted by Crippen LogP contribution is 2.44. The van der Waals surface area contributed by atoms with E-state index >= 15 is 0 Å². The highest BCUT2D eigenvalue weighted by Gasteiger charge is 2.65. The first-order chi connectivity index (χ1) is 10.9. The number of nitrogens with one attached hydrogen (secondary N) is 2. The molecule has 2 amide bonds. The monoisotopic (exact) mass is 324 g/mol. The summed E-state index contributed by atoms with van der Waals surface area (Å²) in [7, 11) is 0. The molecular formula is C15H11F3N2O3. The van der Waals surface area contributed by atoms with Crippen molar-refractivity contribution in [3.8, 4) is 11.5 Å². The van der Waals surface area contributed by atoms with Gasteiger partial charge in [-0.05, 0) is 24.3 Å². The number of hydrogen-bond acceptors (Lipinski definition) is 3. The first-order valence-corrected chi connectivity index (χ1v) is 6.58. The zero-order valence-electron chi connectivity index (χ0n) is 11.6. The van der Waals surface area contributed by atoms with Crippen LogP contribution in [0.2, 0.25) is 0 Å². The smallest absolute Gasteiger partial charge is 0.424 e. The van der Waals surface area contributed by atoms with Gasteiger partial charge in [0.2, 0.25) is 0 Å². The van der Waals surface area contributed by atoms with Crippen LogP contribution >= 0.6 is 0 Å². The van der Waals surface area contributed by atoms with Crippen molar-refractivity contribution in [2.24, 2.45) is 0 Å². The van der Waals surface area contributed by atoms with Gasteiger partial charge in [0.05, 0.1) is 0 Å². The van der Waals surface area contributed by atoms with Gasteiger partial charge in [-0.15, -0.1) is 0 Å². The van der Waals surface area contributed by atoms with Crippen molar-refractivity contribution in [2.45, 2.75) is 12.1 Å². The largest absolute Gasteiger partial charge is 0.492 e. The van der Waals surface area contributed by atoms with Crippen LogP contribution in [-0.2, 0) is 0 Å². The van der Waals surface area contributed by atoms with Gasteiger partial charge in [0, 0.05) is 5.69 Å². The number of alkyl halides is 3. The van der Waals surface area contributed by atoms with E-state index in [1.807, 2.05) is 0 Å². The summed E-state index contributed by atoms with van der Waals surface area (Å²) in [5.74, 6) is -3.48. The summed E-state index contributed by atoms with van der Waals surface area (Å²) in [4.78, 5) is 11.9. The highest BCUT2D eigenvalue weighted by molar-refractivity contribution is 5.89. The summed E-state index contributed by atoms with van der Waals surface area (Å²) in [5.41, 5.74) is 0.331. The summed E-state index contributed by atoms with van der Waals surface area (Å²) in [6.45, 7) is 0. The van der Waals surface area contributed by atoms with Crippen molar-refractivity contribution < 1.29 is 27.4 Å². The number of amides is 2. The van der Waals surface area contributed by atoms with Gasteiger partial charge in [-0.3, -0.25) is 5.32 Å². The third-order valence-corrected chi connectivity index (χ3v) is 3.04. The van der Waals surface area contributed by atoms with Crippen LogP contribution in [0.3, 0.4) is 0 Å². The van der Waals surface area contributed by atoms with Crippen LogP contribution in [0.5, 0.6) is 11.5 Å².